The normalized spacial score (nSPS) is 22.6. The molecule has 1 heteroatoms. The van der Waals surface area contributed by atoms with Crippen molar-refractivity contribution < 1.29 is 0 Å². The lowest BCUT2D eigenvalue weighted by Gasteiger charge is -2.28. The number of nitrogens with one attached hydrogen (secondary N) is 1. The van der Waals surface area contributed by atoms with Crippen LogP contribution in [0.4, 0.5) is 0 Å². The zero-order valence-electron chi connectivity index (χ0n) is 12.3. The molecule has 0 amide bonds. The van der Waals surface area contributed by atoms with Crippen LogP contribution in [0.3, 0.4) is 0 Å². The van der Waals surface area contributed by atoms with Crippen LogP contribution in [-0.4, -0.2) is 6.04 Å². The maximum absolute atomic E-state index is 3.74. The molecule has 0 aliphatic heterocycles. The van der Waals surface area contributed by atoms with Crippen LogP contribution in [0.1, 0.15) is 64.0 Å². The van der Waals surface area contributed by atoms with Crippen molar-refractivity contribution in [3.05, 3.63) is 35.4 Å². The third-order valence-electron chi connectivity index (χ3n) is 4.46. The van der Waals surface area contributed by atoms with E-state index in [1.165, 1.54) is 30.4 Å². The van der Waals surface area contributed by atoms with Crippen molar-refractivity contribution >= 4 is 0 Å². The number of rotatable bonds is 4. The van der Waals surface area contributed by atoms with E-state index < -0.39 is 0 Å². The summed E-state index contributed by atoms with van der Waals surface area (Å²) in [5, 5.41) is 3.74. The van der Waals surface area contributed by atoms with Crippen molar-refractivity contribution in [2.45, 2.75) is 65.5 Å². The Balaban J connectivity index is 1.90. The van der Waals surface area contributed by atoms with Gasteiger partial charge in [0.2, 0.25) is 0 Å². The second-order valence-electron chi connectivity index (χ2n) is 6.71. The molecule has 1 aliphatic carbocycles. The first-order valence-corrected chi connectivity index (χ1v) is 7.31. The molecule has 1 atom stereocenters. The second kappa shape index (κ2) is 5.44. The molecule has 100 valence electrons. The molecule has 1 saturated carbocycles. The highest BCUT2D eigenvalue weighted by Crippen LogP contribution is 2.37. The van der Waals surface area contributed by atoms with Gasteiger partial charge in [0.25, 0.3) is 0 Å². The van der Waals surface area contributed by atoms with E-state index in [0.29, 0.717) is 17.4 Å². The summed E-state index contributed by atoms with van der Waals surface area (Å²) in [7, 11) is 0. The van der Waals surface area contributed by atoms with Crippen LogP contribution >= 0.6 is 0 Å². The minimum atomic E-state index is 0.470. The van der Waals surface area contributed by atoms with E-state index in [1.54, 1.807) is 0 Å². The molecule has 0 heterocycles. The van der Waals surface area contributed by atoms with Gasteiger partial charge in [-0.2, -0.15) is 0 Å². The predicted molar refractivity (Wildman–Crippen MR) is 78.8 cm³/mol. The fourth-order valence-corrected chi connectivity index (χ4v) is 2.97. The largest absolute Gasteiger partial charge is 0.309 e. The Bertz CT molecular complexity index is 375. The van der Waals surface area contributed by atoms with Gasteiger partial charge < -0.3 is 5.32 Å². The van der Waals surface area contributed by atoms with E-state index in [9.17, 15) is 0 Å². The van der Waals surface area contributed by atoms with Crippen LogP contribution in [-0.2, 0) is 6.54 Å². The lowest BCUT2D eigenvalue weighted by Crippen LogP contribution is -2.37. The van der Waals surface area contributed by atoms with Gasteiger partial charge in [0.05, 0.1) is 0 Å². The molecule has 0 saturated heterocycles. The summed E-state index contributed by atoms with van der Waals surface area (Å²) in [5.41, 5.74) is 3.31. The van der Waals surface area contributed by atoms with Crippen molar-refractivity contribution in [1.82, 2.24) is 5.32 Å². The van der Waals surface area contributed by atoms with Gasteiger partial charge in [-0.1, -0.05) is 58.4 Å². The van der Waals surface area contributed by atoms with E-state index in [-0.39, 0.29) is 0 Å². The Hall–Kier alpha value is -0.820. The van der Waals surface area contributed by atoms with E-state index >= 15 is 0 Å². The molecular formula is C17H27N. The molecule has 1 aliphatic rings. The first-order valence-electron chi connectivity index (χ1n) is 7.31. The van der Waals surface area contributed by atoms with E-state index in [4.69, 9.17) is 0 Å². The summed E-state index contributed by atoms with van der Waals surface area (Å²) >= 11 is 0. The molecule has 1 nitrogen and oxygen atoms in total. The molecule has 1 unspecified atom stereocenters. The summed E-state index contributed by atoms with van der Waals surface area (Å²) in [5.74, 6) is 0.626. The molecule has 0 bridgehead atoms. The quantitative estimate of drug-likeness (QED) is 0.824. The Morgan fingerprint density at radius 3 is 2.39 bits per heavy atom. The monoisotopic (exact) mass is 245 g/mol. The zero-order valence-corrected chi connectivity index (χ0v) is 12.3. The number of benzene rings is 1. The summed E-state index contributed by atoms with van der Waals surface area (Å²) in [6.07, 6.45) is 4.06. The SMILES string of the molecule is CC(C)c1ccc(CNC2CCCC2(C)C)cc1. The summed E-state index contributed by atoms with van der Waals surface area (Å²) in [6, 6.07) is 9.75. The minimum Gasteiger partial charge on any atom is -0.309 e. The lowest BCUT2D eigenvalue weighted by molar-refractivity contribution is 0.282. The van der Waals surface area contributed by atoms with E-state index in [2.05, 4.69) is 57.3 Å². The van der Waals surface area contributed by atoms with Gasteiger partial charge in [0, 0.05) is 12.6 Å². The highest BCUT2D eigenvalue weighted by Gasteiger charge is 2.33. The third kappa shape index (κ3) is 3.14. The van der Waals surface area contributed by atoms with Gasteiger partial charge in [0.1, 0.15) is 0 Å². The smallest absolute Gasteiger partial charge is 0.0208 e. The maximum atomic E-state index is 3.74. The average Bonchev–Trinajstić information content (AvgIpc) is 2.66. The maximum Gasteiger partial charge on any atom is 0.0208 e. The van der Waals surface area contributed by atoms with Crippen molar-refractivity contribution in [2.24, 2.45) is 5.41 Å². The summed E-state index contributed by atoms with van der Waals surface area (Å²) < 4.78 is 0. The zero-order chi connectivity index (χ0) is 13.2. The van der Waals surface area contributed by atoms with Crippen LogP contribution in [0.2, 0.25) is 0 Å². The van der Waals surface area contributed by atoms with Crippen LogP contribution in [0.25, 0.3) is 0 Å². The molecule has 0 spiro atoms. The van der Waals surface area contributed by atoms with Crippen molar-refractivity contribution in [2.75, 3.05) is 0 Å². The molecule has 2 rings (SSSR count). The summed E-state index contributed by atoms with van der Waals surface area (Å²) in [6.45, 7) is 10.3. The molecule has 1 N–H and O–H groups in total. The fraction of sp³-hybridized carbons (Fsp3) is 0.647. The fourth-order valence-electron chi connectivity index (χ4n) is 2.97. The molecule has 1 aromatic rings. The molecule has 0 radical (unpaired) electrons. The molecule has 1 aromatic carbocycles. The highest BCUT2D eigenvalue weighted by molar-refractivity contribution is 5.24. The van der Waals surface area contributed by atoms with Crippen molar-refractivity contribution in [1.29, 1.82) is 0 Å². The number of hydrogen-bond acceptors (Lipinski definition) is 1. The van der Waals surface area contributed by atoms with Crippen LogP contribution in [0.15, 0.2) is 24.3 Å². The average molecular weight is 245 g/mol. The van der Waals surface area contributed by atoms with Gasteiger partial charge in [-0.3, -0.25) is 0 Å². The van der Waals surface area contributed by atoms with E-state index in [1.807, 2.05) is 0 Å². The van der Waals surface area contributed by atoms with Crippen LogP contribution < -0.4 is 5.32 Å². The summed E-state index contributed by atoms with van der Waals surface area (Å²) in [4.78, 5) is 0. The standard InChI is InChI=1S/C17H27N/c1-13(2)15-9-7-14(8-10-15)12-18-16-6-5-11-17(16,3)4/h7-10,13,16,18H,5-6,11-12H2,1-4H3. The first-order chi connectivity index (χ1) is 8.49. The van der Waals surface area contributed by atoms with E-state index in [0.717, 1.165) is 6.54 Å². The molecule has 18 heavy (non-hydrogen) atoms. The van der Waals surface area contributed by atoms with Gasteiger partial charge in [-0.15, -0.1) is 0 Å². The molecular weight excluding hydrogens is 218 g/mol. The Labute approximate surface area is 112 Å². The van der Waals surface area contributed by atoms with Gasteiger partial charge in [-0.05, 0) is 35.3 Å². The second-order valence-corrected chi connectivity index (χ2v) is 6.71. The lowest BCUT2D eigenvalue weighted by atomic mass is 9.87. The Morgan fingerprint density at radius 2 is 1.89 bits per heavy atom. The Kier molecular flexibility index (Phi) is 4.11. The molecule has 1 fully saturated rings. The van der Waals surface area contributed by atoms with Crippen molar-refractivity contribution in [3.8, 4) is 0 Å². The third-order valence-corrected chi connectivity index (χ3v) is 4.46. The van der Waals surface area contributed by atoms with Gasteiger partial charge in [0.15, 0.2) is 0 Å². The van der Waals surface area contributed by atoms with Gasteiger partial charge >= 0.3 is 0 Å². The number of hydrogen-bond donors (Lipinski definition) is 1. The molecule has 0 aromatic heterocycles. The predicted octanol–water partition coefficient (Wildman–Crippen LogP) is 4.48. The van der Waals surface area contributed by atoms with Gasteiger partial charge in [-0.25, -0.2) is 0 Å². The Morgan fingerprint density at radius 1 is 1.22 bits per heavy atom. The highest BCUT2D eigenvalue weighted by atomic mass is 14.9. The van der Waals surface area contributed by atoms with Crippen molar-refractivity contribution in [3.63, 3.8) is 0 Å². The topological polar surface area (TPSA) is 12.0 Å². The van der Waals surface area contributed by atoms with Crippen LogP contribution in [0.5, 0.6) is 0 Å². The van der Waals surface area contributed by atoms with Crippen LogP contribution in [0, 0.1) is 5.41 Å². The minimum absolute atomic E-state index is 0.470. The first kappa shape index (κ1) is 13.6.